The van der Waals surface area contributed by atoms with Gasteiger partial charge >= 0.3 is 0 Å². The van der Waals surface area contributed by atoms with Gasteiger partial charge in [-0.15, -0.1) is 6.58 Å². The van der Waals surface area contributed by atoms with Crippen molar-refractivity contribution >= 4 is 17.7 Å². The van der Waals surface area contributed by atoms with E-state index in [0.29, 0.717) is 25.9 Å². The monoisotopic (exact) mass is 465 g/mol. The lowest BCUT2D eigenvalue weighted by atomic mass is 10.1. The normalized spacial score (nSPS) is 11.6. The highest BCUT2D eigenvalue weighted by atomic mass is 16.2. The first-order valence-corrected chi connectivity index (χ1v) is 13.5. The summed E-state index contributed by atoms with van der Waals surface area (Å²) >= 11 is 0. The smallest absolute Gasteiger partial charge is 0.242 e. The number of rotatable bonds is 23. The van der Waals surface area contributed by atoms with Crippen molar-refractivity contribution in [3.8, 4) is 0 Å². The van der Waals surface area contributed by atoms with Crippen LogP contribution in [0.5, 0.6) is 0 Å². The van der Waals surface area contributed by atoms with Crippen molar-refractivity contribution in [2.45, 2.75) is 129 Å². The Morgan fingerprint density at radius 2 is 1.24 bits per heavy atom. The fourth-order valence-electron chi connectivity index (χ4n) is 3.63. The van der Waals surface area contributed by atoms with Gasteiger partial charge in [-0.25, -0.2) is 0 Å². The van der Waals surface area contributed by atoms with Crippen molar-refractivity contribution in [2.75, 3.05) is 13.1 Å². The molecule has 0 unspecified atom stereocenters. The van der Waals surface area contributed by atoms with E-state index in [2.05, 4.69) is 36.4 Å². The summed E-state index contributed by atoms with van der Waals surface area (Å²) in [5.74, 6) is -0.352. The molecule has 0 rings (SSSR count). The van der Waals surface area contributed by atoms with E-state index in [9.17, 15) is 14.4 Å². The molecule has 0 aliphatic carbocycles. The van der Waals surface area contributed by atoms with Gasteiger partial charge in [0.05, 0.1) is 0 Å². The van der Waals surface area contributed by atoms with E-state index in [4.69, 9.17) is 0 Å². The number of nitrogens with one attached hydrogen (secondary N) is 3. The van der Waals surface area contributed by atoms with Gasteiger partial charge in [0, 0.05) is 25.9 Å². The first-order valence-electron chi connectivity index (χ1n) is 13.5. The third-order valence-corrected chi connectivity index (χ3v) is 5.81. The fraction of sp³-hybridized carbons (Fsp3) is 0.815. The molecule has 0 aliphatic rings. The molecule has 6 nitrogen and oxygen atoms in total. The van der Waals surface area contributed by atoms with Gasteiger partial charge in [0.1, 0.15) is 6.04 Å². The lowest BCUT2D eigenvalue weighted by Crippen LogP contribution is -2.47. The zero-order valence-corrected chi connectivity index (χ0v) is 21.5. The second kappa shape index (κ2) is 23.3. The SMILES string of the molecule is C=CCCCCCCCCCCCC(=O)N[C@@H](CCC(=O)NCCCC)C(=O)NCCCC. The molecule has 0 spiro atoms. The Morgan fingerprint density at radius 3 is 1.82 bits per heavy atom. The molecule has 192 valence electrons. The molecule has 0 saturated carbocycles. The van der Waals surface area contributed by atoms with Crippen molar-refractivity contribution < 1.29 is 14.4 Å². The van der Waals surface area contributed by atoms with Crippen LogP contribution in [-0.2, 0) is 14.4 Å². The molecule has 0 bridgehead atoms. The summed E-state index contributed by atoms with van der Waals surface area (Å²) in [5.41, 5.74) is 0. The van der Waals surface area contributed by atoms with Crippen LogP contribution >= 0.6 is 0 Å². The summed E-state index contributed by atoms with van der Waals surface area (Å²) in [5, 5.41) is 8.62. The maximum absolute atomic E-state index is 12.5. The van der Waals surface area contributed by atoms with Crippen molar-refractivity contribution in [1.29, 1.82) is 0 Å². The van der Waals surface area contributed by atoms with Crippen molar-refractivity contribution in [2.24, 2.45) is 0 Å². The van der Waals surface area contributed by atoms with Crippen molar-refractivity contribution in [3.05, 3.63) is 12.7 Å². The molecule has 0 aromatic rings. The van der Waals surface area contributed by atoms with Gasteiger partial charge in [-0.3, -0.25) is 14.4 Å². The van der Waals surface area contributed by atoms with Gasteiger partial charge in [-0.05, 0) is 38.5 Å². The summed E-state index contributed by atoms with van der Waals surface area (Å²) in [6, 6.07) is -0.646. The lowest BCUT2D eigenvalue weighted by molar-refractivity contribution is -0.129. The van der Waals surface area contributed by atoms with Crippen LogP contribution < -0.4 is 16.0 Å². The summed E-state index contributed by atoms with van der Waals surface area (Å²) < 4.78 is 0. The highest BCUT2D eigenvalue weighted by molar-refractivity contribution is 5.88. The highest BCUT2D eigenvalue weighted by Crippen LogP contribution is 2.11. The van der Waals surface area contributed by atoms with Crippen LogP contribution in [0.2, 0.25) is 0 Å². The summed E-state index contributed by atoms with van der Waals surface area (Å²) in [4.78, 5) is 36.9. The van der Waals surface area contributed by atoms with E-state index in [1.54, 1.807) is 0 Å². The number of carbonyl (C=O) groups excluding carboxylic acids is 3. The Morgan fingerprint density at radius 1 is 0.697 bits per heavy atom. The van der Waals surface area contributed by atoms with Gasteiger partial charge in [0.2, 0.25) is 17.7 Å². The fourth-order valence-corrected chi connectivity index (χ4v) is 3.63. The molecule has 3 amide bonds. The molecule has 1 atom stereocenters. The predicted octanol–water partition coefficient (Wildman–Crippen LogP) is 5.56. The van der Waals surface area contributed by atoms with Crippen LogP contribution in [0.15, 0.2) is 12.7 Å². The van der Waals surface area contributed by atoms with E-state index in [0.717, 1.165) is 51.4 Å². The molecule has 6 heteroatoms. The Bertz CT molecular complexity index is 523. The number of hydrogen-bond donors (Lipinski definition) is 3. The third kappa shape index (κ3) is 20.5. The Labute approximate surface area is 203 Å². The standard InChI is InChI=1S/C27H51N3O3/c1-4-7-10-11-12-13-14-15-16-17-18-19-26(32)30-24(27(33)29-23-9-6-3)20-21-25(31)28-22-8-5-2/h4,24H,1,5-23H2,2-3H3,(H,28,31)(H,29,33)(H,30,32)/t24-/m0/s1. The van der Waals surface area contributed by atoms with Gasteiger partial charge < -0.3 is 16.0 Å². The molecule has 0 radical (unpaired) electrons. The second-order valence-electron chi connectivity index (χ2n) is 9.02. The Balaban J connectivity index is 4.15. The summed E-state index contributed by atoms with van der Waals surface area (Å²) in [6.45, 7) is 9.15. The van der Waals surface area contributed by atoms with Crippen LogP contribution in [0.25, 0.3) is 0 Å². The lowest BCUT2D eigenvalue weighted by Gasteiger charge is -2.18. The molecule has 0 fully saturated rings. The minimum Gasteiger partial charge on any atom is -0.356 e. The van der Waals surface area contributed by atoms with Crippen LogP contribution in [-0.4, -0.2) is 36.9 Å². The average molecular weight is 466 g/mol. The molecule has 0 aliphatic heterocycles. The second-order valence-corrected chi connectivity index (χ2v) is 9.02. The average Bonchev–Trinajstić information content (AvgIpc) is 2.80. The number of allylic oxidation sites excluding steroid dienone is 1. The molecule has 3 N–H and O–H groups in total. The molecule has 0 saturated heterocycles. The third-order valence-electron chi connectivity index (χ3n) is 5.81. The molecule has 0 aromatic carbocycles. The number of hydrogen-bond acceptors (Lipinski definition) is 3. The topological polar surface area (TPSA) is 87.3 Å². The van der Waals surface area contributed by atoms with Crippen LogP contribution in [0.1, 0.15) is 123 Å². The molecular formula is C27H51N3O3. The zero-order chi connectivity index (χ0) is 24.6. The molecule has 0 heterocycles. The minimum absolute atomic E-state index is 0.0650. The molecule has 33 heavy (non-hydrogen) atoms. The maximum atomic E-state index is 12.5. The highest BCUT2D eigenvalue weighted by Gasteiger charge is 2.21. The van der Waals surface area contributed by atoms with Crippen LogP contribution in [0.3, 0.4) is 0 Å². The van der Waals surface area contributed by atoms with Crippen molar-refractivity contribution in [1.82, 2.24) is 16.0 Å². The first-order chi connectivity index (χ1) is 16.0. The van der Waals surface area contributed by atoms with E-state index < -0.39 is 6.04 Å². The number of carbonyl (C=O) groups is 3. The summed E-state index contributed by atoms with van der Waals surface area (Å²) in [7, 11) is 0. The number of amides is 3. The van der Waals surface area contributed by atoms with E-state index in [1.165, 1.54) is 38.5 Å². The largest absolute Gasteiger partial charge is 0.356 e. The molecule has 0 aromatic heterocycles. The predicted molar refractivity (Wildman–Crippen MR) is 138 cm³/mol. The van der Waals surface area contributed by atoms with Crippen LogP contribution in [0, 0.1) is 0 Å². The van der Waals surface area contributed by atoms with Gasteiger partial charge in [0.25, 0.3) is 0 Å². The van der Waals surface area contributed by atoms with E-state index >= 15 is 0 Å². The summed E-state index contributed by atoms with van der Waals surface area (Å²) in [6.07, 6.45) is 18.6. The van der Waals surface area contributed by atoms with Gasteiger partial charge in [0.15, 0.2) is 0 Å². The van der Waals surface area contributed by atoms with E-state index in [-0.39, 0.29) is 24.1 Å². The molecular weight excluding hydrogens is 414 g/mol. The minimum atomic E-state index is -0.646. The van der Waals surface area contributed by atoms with E-state index in [1.807, 2.05) is 6.08 Å². The number of unbranched alkanes of at least 4 members (excludes halogenated alkanes) is 11. The first kappa shape index (κ1) is 31.1. The Hall–Kier alpha value is -1.85. The van der Waals surface area contributed by atoms with Crippen LogP contribution in [0.4, 0.5) is 0 Å². The Kier molecular flexibility index (Phi) is 22.0. The zero-order valence-electron chi connectivity index (χ0n) is 21.5. The quantitative estimate of drug-likeness (QED) is 0.136. The maximum Gasteiger partial charge on any atom is 0.242 e. The van der Waals surface area contributed by atoms with Gasteiger partial charge in [-0.1, -0.05) is 77.7 Å². The van der Waals surface area contributed by atoms with Gasteiger partial charge in [-0.2, -0.15) is 0 Å². The van der Waals surface area contributed by atoms with Crippen molar-refractivity contribution in [3.63, 3.8) is 0 Å².